The zero-order chi connectivity index (χ0) is 30.2. The molecule has 0 amide bonds. The minimum atomic E-state index is -1.08. The van der Waals surface area contributed by atoms with Crippen molar-refractivity contribution in [1.29, 1.82) is 0 Å². The van der Waals surface area contributed by atoms with Gasteiger partial charge < -0.3 is 30.0 Å². The maximum absolute atomic E-state index is 10.1. The second-order valence-electron chi connectivity index (χ2n) is 11.7. The molecule has 2 rings (SSSR count). The van der Waals surface area contributed by atoms with Gasteiger partial charge in [0.15, 0.2) is 0 Å². The molecule has 40 heavy (non-hydrogen) atoms. The fourth-order valence-corrected chi connectivity index (χ4v) is 3.44. The molecular weight excluding hydrogens is 555 g/mol. The smallest absolute Gasteiger partial charge is 0.550 e. The maximum Gasteiger partial charge on any atom is 2.00 e. The topological polar surface area (TPSA) is 145 Å². The fourth-order valence-electron chi connectivity index (χ4n) is 3.44. The van der Waals surface area contributed by atoms with Gasteiger partial charge in [0.2, 0.25) is 0 Å². The van der Waals surface area contributed by atoms with Gasteiger partial charge in [-0.05, 0) is 79.3 Å². The quantitative estimate of drug-likeness (QED) is 0.350. The molecule has 2 aromatic rings. The Balaban J connectivity index is 0. The molecule has 0 aromatic heterocycles. The van der Waals surface area contributed by atoms with Crippen LogP contribution in [0.2, 0.25) is 0 Å². The summed E-state index contributed by atoms with van der Waals surface area (Å²) in [6, 6.07) is 11.4. The number of carboxylic acid groups (broad SMARTS) is 2. The van der Waals surface area contributed by atoms with E-state index in [9.17, 15) is 10.2 Å². The van der Waals surface area contributed by atoms with E-state index in [2.05, 4.69) is 51.5 Å². The molecule has 0 aliphatic heterocycles. The Morgan fingerprint density at radius 3 is 1.30 bits per heavy atom. The van der Waals surface area contributed by atoms with Gasteiger partial charge in [-0.1, -0.05) is 53.7 Å². The number of carbonyl (C=O) groups is 2. The fraction of sp³-hybridized carbons (Fsp3) is 0.484. The second-order valence-corrected chi connectivity index (χ2v) is 11.7. The molecule has 2 N–H and O–H groups in total. The number of carbonyl (C=O) groups excluding carboxylic acids is 2. The van der Waals surface area contributed by atoms with Crippen LogP contribution in [-0.4, -0.2) is 47.7 Å². The first-order valence-electron chi connectivity index (χ1n) is 12.9. The number of carboxylic acids is 2. The molecule has 0 aliphatic carbocycles. The zero-order valence-electron chi connectivity index (χ0n) is 24.9. The number of aromatic hydroxyl groups is 2. The van der Waals surface area contributed by atoms with Gasteiger partial charge in [-0.3, -0.25) is 9.98 Å². The van der Waals surface area contributed by atoms with Crippen molar-refractivity contribution in [2.75, 3.05) is 13.1 Å². The summed E-state index contributed by atoms with van der Waals surface area (Å²) in [4.78, 5) is 26.7. The zero-order valence-corrected chi connectivity index (χ0v) is 26.0. The summed E-state index contributed by atoms with van der Waals surface area (Å²) in [6.45, 7) is 16.4. The van der Waals surface area contributed by atoms with Gasteiger partial charge in [-0.2, -0.15) is 0 Å². The van der Waals surface area contributed by atoms with Crippen molar-refractivity contribution in [2.45, 2.75) is 74.7 Å². The third-order valence-electron chi connectivity index (χ3n) is 4.69. The van der Waals surface area contributed by atoms with Gasteiger partial charge in [0, 0.05) is 48.6 Å². The average molecular weight is 600 g/mol. The SMILES string of the molecule is CC(=O)[O-].CC(=O)[O-].CC(C)(C)Cc1ccc(O)c(C=NCCCN=Cc2cc(CC(C)(C)C)ccc2O)c1.[Co+2]. The number of aliphatic imine (C=N–C) groups is 2. The van der Waals surface area contributed by atoms with Crippen molar-refractivity contribution >= 4 is 24.4 Å². The van der Waals surface area contributed by atoms with E-state index in [-0.39, 0.29) is 39.1 Å². The molecule has 0 spiro atoms. The number of hydrogen-bond donors (Lipinski definition) is 2. The van der Waals surface area contributed by atoms with Crippen molar-refractivity contribution in [3.63, 3.8) is 0 Å². The molecule has 0 saturated carbocycles. The number of benzene rings is 2. The van der Waals surface area contributed by atoms with E-state index in [1.807, 2.05) is 24.3 Å². The van der Waals surface area contributed by atoms with Crippen molar-refractivity contribution in [3.8, 4) is 11.5 Å². The summed E-state index contributed by atoms with van der Waals surface area (Å²) in [7, 11) is 0. The summed E-state index contributed by atoms with van der Waals surface area (Å²) in [5, 5.41) is 37.9. The molecule has 1 radical (unpaired) electrons. The van der Waals surface area contributed by atoms with Gasteiger partial charge >= 0.3 is 16.8 Å². The Bertz CT molecular complexity index is 1020. The normalized spacial score (nSPS) is 11.2. The molecule has 9 heteroatoms. The number of phenolic OH excluding ortho intramolecular Hbond substituents is 2. The van der Waals surface area contributed by atoms with Crippen molar-refractivity contribution in [1.82, 2.24) is 0 Å². The number of phenols is 2. The van der Waals surface area contributed by atoms with Crippen LogP contribution in [0.15, 0.2) is 46.4 Å². The molecule has 0 aliphatic rings. The third-order valence-corrected chi connectivity index (χ3v) is 4.69. The Labute approximate surface area is 249 Å². The van der Waals surface area contributed by atoms with E-state index < -0.39 is 11.9 Å². The molecule has 223 valence electrons. The Morgan fingerprint density at radius 2 is 1.02 bits per heavy atom. The molecule has 0 fully saturated rings. The van der Waals surface area contributed by atoms with E-state index >= 15 is 0 Å². The number of rotatable bonds is 8. The predicted molar refractivity (Wildman–Crippen MR) is 153 cm³/mol. The van der Waals surface area contributed by atoms with Crippen LogP contribution >= 0.6 is 0 Å². The summed E-state index contributed by atoms with van der Waals surface area (Å²) in [5.41, 5.74) is 4.31. The molecule has 8 nitrogen and oxygen atoms in total. The van der Waals surface area contributed by atoms with Crippen molar-refractivity contribution < 1.29 is 46.8 Å². The van der Waals surface area contributed by atoms with E-state index in [0.717, 1.165) is 44.2 Å². The van der Waals surface area contributed by atoms with Gasteiger partial charge in [-0.15, -0.1) is 0 Å². The van der Waals surface area contributed by atoms with E-state index in [1.54, 1.807) is 24.6 Å². The molecule has 0 saturated heterocycles. The first kappa shape index (κ1) is 39.0. The Morgan fingerprint density at radius 1 is 0.725 bits per heavy atom. The number of aliphatic carboxylic acids is 2. The van der Waals surface area contributed by atoms with Crippen molar-refractivity contribution in [3.05, 3.63) is 58.7 Å². The Kier molecular flexibility index (Phi) is 18.5. The van der Waals surface area contributed by atoms with Gasteiger partial charge in [-0.25, -0.2) is 0 Å². The van der Waals surface area contributed by atoms with E-state index in [4.69, 9.17) is 19.8 Å². The molecule has 0 atom stereocenters. The predicted octanol–water partition coefficient (Wildman–Crippen LogP) is 3.71. The Hall–Kier alpha value is -3.17. The third kappa shape index (κ3) is 21.7. The minimum Gasteiger partial charge on any atom is -0.550 e. The van der Waals surface area contributed by atoms with Crippen LogP contribution in [0.4, 0.5) is 0 Å². The van der Waals surface area contributed by atoms with Crippen LogP contribution in [0.5, 0.6) is 11.5 Å². The molecule has 2 aromatic carbocycles. The van der Waals surface area contributed by atoms with E-state index in [1.165, 1.54) is 11.1 Å². The summed E-state index contributed by atoms with van der Waals surface area (Å²) in [5.74, 6) is -1.66. The second kappa shape index (κ2) is 19.0. The number of hydrogen-bond acceptors (Lipinski definition) is 8. The minimum absolute atomic E-state index is 0. The van der Waals surface area contributed by atoms with Crippen LogP contribution in [-0.2, 0) is 39.2 Å². The largest absolute Gasteiger partial charge is 2.00 e. The van der Waals surface area contributed by atoms with Crippen LogP contribution in [0.25, 0.3) is 0 Å². The summed E-state index contributed by atoms with van der Waals surface area (Å²) < 4.78 is 0. The maximum atomic E-state index is 10.1. The standard InChI is InChI=1S/C27H38N2O2.2C2H4O2.Co/c1-26(2,3)16-20-8-10-24(30)22(14-20)18-28-12-7-13-29-19-23-15-21(9-11-25(23)31)17-27(4,5)6;2*1-2(3)4;/h8-11,14-15,18-19,30-31H,7,12-13,16-17H2,1-6H3;2*1H3,(H,3,4);/q;;;+2/p-2. The van der Waals surface area contributed by atoms with Gasteiger partial charge in [0.1, 0.15) is 11.5 Å². The van der Waals surface area contributed by atoms with Crippen molar-refractivity contribution in [2.24, 2.45) is 20.8 Å². The van der Waals surface area contributed by atoms with Crippen LogP contribution in [0, 0.1) is 10.8 Å². The van der Waals surface area contributed by atoms with Crippen LogP contribution in [0.3, 0.4) is 0 Å². The average Bonchev–Trinajstić information content (AvgIpc) is 2.74. The van der Waals surface area contributed by atoms with Crippen LogP contribution in [0.1, 0.15) is 84.1 Å². The van der Waals surface area contributed by atoms with E-state index in [0.29, 0.717) is 13.1 Å². The van der Waals surface area contributed by atoms with Crippen LogP contribution < -0.4 is 10.2 Å². The molecular formula is C31H44CoN2O6. The molecule has 0 unspecified atom stereocenters. The summed E-state index contributed by atoms with van der Waals surface area (Å²) in [6.07, 6.45) is 6.19. The summed E-state index contributed by atoms with van der Waals surface area (Å²) >= 11 is 0. The first-order chi connectivity index (χ1) is 17.9. The first-order valence-corrected chi connectivity index (χ1v) is 12.9. The van der Waals surface area contributed by atoms with Gasteiger partial charge in [0.05, 0.1) is 0 Å². The monoisotopic (exact) mass is 599 g/mol. The molecule has 0 heterocycles. The number of nitrogens with zero attached hydrogens (tertiary/aromatic N) is 2. The molecule has 0 bridgehead atoms. The van der Waals surface area contributed by atoms with Gasteiger partial charge in [0.25, 0.3) is 0 Å².